The van der Waals surface area contributed by atoms with Crippen LogP contribution in [0, 0.1) is 5.92 Å². The Kier molecular flexibility index (Phi) is 7.10. The minimum absolute atomic E-state index is 0.257. The first-order valence-electron chi connectivity index (χ1n) is 12.7. The summed E-state index contributed by atoms with van der Waals surface area (Å²) in [4.78, 5) is 4.82. The van der Waals surface area contributed by atoms with E-state index in [0.717, 1.165) is 40.9 Å². The lowest BCUT2D eigenvalue weighted by Crippen LogP contribution is -2.52. The number of pyridine rings is 1. The molecule has 2 aromatic carbocycles. The molecule has 0 spiro atoms. The molecule has 3 atom stereocenters. The highest BCUT2D eigenvalue weighted by Gasteiger charge is 2.44. The zero-order valence-corrected chi connectivity index (χ0v) is 20.7. The van der Waals surface area contributed by atoms with Crippen LogP contribution in [0.25, 0.3) is 10.9 Å². The fourth-order valence-electron chi connectivity index (χ4n) is 6.27. The number of fused-ring (bicyclic) bond motifs is 1. The number of rotatable bonds is 6. The van der Waals surface area contributed by atoms with Gasteiger partial charge in [-0.05, 0) is 61.6 Å². The van der Waals surface area contributed by atoms with Gasteiger partial charge in [-0.15, -0.1) is 0 Å². The second kappa shape index (κ2) is 10.2. The van der Waals surface area contributed by atoms with E-state index in [2.05, 4.69) is 17.4 Å². The van der Waals surface area contributed by atoms with Crippen molar-refractivity contribution in [1.82, 2.24) is 10.3 Å². The zero-order chi connectivity index (χ0) is 23.5. The Labute approximate surface area is 207 Å². The number of hydrogen-bond acceptors (Lipinski definition) is 4. The number of hydrogen-bond donors (Lipinski definition) is 2. The Bertz CT molecular complexity index is 1110. The number of aromatic nitrogens is 1. The molecule has 3 aromatic rings. The van der Waals surface area contributed by atoms with E-state index in [9.17, 15) is 5.11 Å². The van der Waals surface area contributed by atoms with Crippen LogP contribution in [0.4, 0.5) is 0 Å². The van der Waals surface area contributed by atoms with Gasteiger partial charge in [0.2, 0.25) is 5.88 Å². The summed E-state index contributed by atoms with van der Waals surface area (Å²) in [6.45, 7) is 0.807. The Morgan fingerprint density at radius 3 is 2.65 bits per heavy atom. The third kappa shape index (κ3) is 4.95. The van der Waals surface area contributed by atoms with Gasteiger partial charge in [-0.25, -0.2) is 4.98 Å². The maximum absolute atomic E-state index is 12.3. The first kappa shape index (κ1) is 23.6. The third-order valence-corrected chi connectivity index (χ3v) is 8.15. The number of benzene rings is 2. The summed E-state index contributed by atoms with van der Waals surface area (Å²) in [5.41, 5.74) is 1.96. The van der Waals surface area contributed by atoms with Crippen molar-refractivity contribution in [1.29, 1.82) is 0 Å². The fourth-order valence-corrected chi connectivity index (χ4v) is 6.39. The number of methoxy groups -OCH3 is 1. The van der Waals surface area contributed by atoms with E-state index >= 15 is 0 Å². The molecule has 1 aromatic heterocycles. The van der Waals surface area contributed by atoms with Gasteiger partial charge in [0, 0.05) is 27.9 Å². The van der Waals surface area contributed by atoms with Gasteiger partial charge in [0.1, 0.15) is 0 Å². The first-order valence-corrected chi connectivity index (χ1v) is 13.1. The van der Waals surface area contributed by atoms with Crippen molar-refractivity contribution in [3.05, 3.63) is 70.7 Å². The number of ether oxygens (including phenoxy) is 1. The van der Waals surface area contributed by atoms with Gasteiger partial charge in [0.05, 0.1) is 18.2 Å². The summed E-state index contributed by atoms with van der Waals surface area (Å²) in [6.07, 6.45) is 9.22. The van der Waals surface area contributed by atoms with Crippen molar-refractivity contribution in [2.45, 2.75) is 68.9 Å². The molecule has 5 rings (SSSR count). The van der Waals surface area contributed by atoms with E-state index in [1.54, 1.807) is 7.11 Å². The van der Waals surface area contributed by atoms with E-state index in [4.69, 9.17) is 21.3 Å². The number of para-hydroxylation sites is 1. The van der Waals surface area contributed by atoms with Gasteiger partial charge in [-0.1, -0.05) is 74.0 Å². The SMILES string of the molecule is COc1nc2ccccc2cc1C(c1ccc(Cl)cc1)C1(O)CCNC(CC2CCCCC2)C1. The highest BCUT2D eigenvalue weighted by atomic mass is 35.5. The minimum Gasteiger partial charge on any atom is -0.481 e. The van der Waals surface area contributed by atoms with Gasteiger partial charge in [-0.2, -0.15) is 0 Å². The number of halogens is 1. The molecular weight excluding hydrogens is 444 g/mol. The predicted octanol–water partition coefficient (Wildman–Crippen LogP) is 6.48. The van der Waals surface area contributed by atoms with Crippen molar-refractivity contribution in [2.24, 2.45) is 5.92 Å². The van der Waals surface area contributed by atoms with Crippen molar-refractivity contribution >= 4 is 22.5 Å². The normalized spacial score (nSPS) is 24.7. The summed E-state index contributed by atoms with van der Waals surface area (Å²) in [5, 5.41) is 17.8. The monoisotopic (exact) mass is 478 g/mol. The average molecular weight is 479 g/mol. The third-order valence-electron chi connectivity index (χ3n) is 7.90. The van der Waals surface area contributed by atoms with Crippen LogP contribution in [-0.2, 0) is 0 Å². The van der Waals surface area contributed by atoms with Crippen LogP contribution in [0.3, 0.4) is 0 Å². The fraction of sp³-hybridized carbons (Fsp3) is 0.483. The van der Waals surface area contributed by atoms with E-state index in [0.29, 0.717) is 29.8 Å². The van der Waals surface area contributed by atoms with E-state index < -0.39 is 5.60 Å². The smallest absolute Gasteiger partial charge is 0.217 e. The van der Waals surface area contributed by atoms with Gasteiger partial charge in [0.15, 0.2) is 0 Å². The van der Waals surface area contributed by atoms with Crippen molar-refractivity contribution < 1.29 is 9.84 Å². The standard InChI is InChI=1S/C29H35ClN2O2/c1-34-28-25(18-22-9-5-6-10-26(22)32-28)27(21-11-13-23(30)14-12-21)29(33)15-16-31-24(19-29)17-20-7-3-2-4-8-20/h5-6,9-14,18,20,24,27,31,33H,2-4,7-8,15-17,19H2,1H3. The summed E-state index contributed by atoms with van der Waals surface area (Å²) in [5.74, 6) is 1.08. The van der Waals surface area contributed by atoms with Crippen LogP contribution in [0.5, 0.6) is 5.88 Å². The largest absolute Gasteiger partial charge is 0.481 e. The van der Waals surface area contributed by atoms with Gasteiger partial charge >= 0.3 is 0 Å². The number of nitrogens with zero attached hydrogens (tertiary/aromatic N) is 1. The Morgan fingerprint density at radius 1 is 1.12 bits per heavy atom. The van der Waals surface area contributed by atoms with Crippen LogP contribution in [-0.4, -0.2) is 35.4 Å². The molecule has 0 amide bonds. The number of aliphatic hydroxyl groups is 1. The molecular formula is C29H35ClN2O2. The molecule has 2 fully saturated rings. The number of nitrogens with one attached hydrogen (secondary N) is 1. The summed E-state index contributed by atoms with van der Waals surface area (Å²) in [7, 11) is 1.66. The van der Waals surface area contributed by atoms with Crippen molar-refractivity contribution in [3.8, 4) is 5.88 Å². The van der Waals surface area contributed by atoms with Crippen molar-refractivity contribution in [2.75, 3.05) is 13.7 Å². The molecule has 1 saturated heterocycles. The van der Waals surface area contributed by atoms with Crippen LogP contribution in [0.2, 0.25) is 5.02 Å². The molecule has 180 valence electrons. The Hall–Kier alpha value is -2.14. The molecule has 0 radical (unpaired) electrons. The van der Waals surface area contributed by atoms with Gasteiger partial charge < -0.3 is 15.2 Å². The molecule has 34 heavy (non-hydrogen) atoms. The van der Waals surface area contributed by atoms with Gasteiger partial charge in [0.25, 0.3) is 0 Å². The molecule has 2 N–H and O–H groups in total. The maximum atomic E-state index is 12.3. The van der Waals surface area contributed by atoms with Crippen LogP contribution < -0.4 is 10.1 Å². The average Bonchev–Trinajstić information content (AvgIpc) is 2.85. The van der Waals surface area contributed by atoms with Crippen LogP contribution in [0.1, 0.15) is 68.4 Å². The Morgan fingerprint density at radius 2 is 1.88 bits per heavy atom. The van der Waals surface area contributed by atoms with Gasteiger partial charge in [-0.3, -0.25) is 0 Å². The summed E-state index contributed by atoms with van der Waals surface area (Å²) < 4.78 is 5.80. The quantitative estimate of drug-likeness (QED) is 0.425. The first-order chi connectivity index (χ1) is 16.6. The minimum atomic E-state index is -0.907. The summed E-state index contributed by atoms with van der Waals surface area (Å²) in [6, 6.07) is 18.4. The highest BCUT2D eigenvalue weighted by Crippen LogP contribution is 2.46. The van der Waals surface area contributed by atoms with Crippen LogP contribution >= 0.6 is 11.6 Å². The highest BCUT2D eigenvalue weighted by molar-refractivity contribution is 6.30. The molecule has 5 heteroatoms. The lowest BCUT2D eigenvalue weighted by molar-refractivity contribution is -0.0226. The molecule has 2 aliphatic rings. The second-order valence-electron chi connectivity index (χ2n) is 10.2. The summed E-state index contributed by atoms with van der Waals surface area (Å²) >= 11 is 6.24. The lowest BCUT2D eigenvalue weighted by Gasteiger charge is -2.44. The Balaban J connectivity index is 1.55. The molecule has 4 nitrogen and oxygen atoms in total. The second-order valence-corrected chi connectivity index (χ2v) is 10.6. The van der Waals surface area contributed by atoms with E-state index in [1.807, 2.05) is 42.5 Å². The van der Waals surface area contributed by atoms with Crippen LogP contribution in [0.15, 0.2) is 54.6 Å². The lowest BCUT2D eigenvalue weighted by atomic mass is 9.69. The van der Waals surface area contributed by atoms with E-state index in [1.165, 1.54) is 32.1 Å². The number of piperidine rings is 1. The molecule has 1 aliphatic heterocycles. The molecule has 1 aliphatic carbocycles. The molecule has 3 unspecified atom stereocenters. The zero-order valence-electron chi connectivity index (χ0n) is 20.0. The molecule has 2 heterocycles. The van der Waals surface area contributed by atoms with E-state index in [-0.39, 0.29) is 5.92 Å². The maximum Gasteiger partial charge on any atom is 0.217 e. The predicted molar refractivity (Wildman–Crippen MR) is 139 cm³/mol. The van der Waals surface area contributed by atoms with Crippen molar-refractivity contribution in [3.63, 3.8) is 0 Å². The molecule has 1 saturated carbocycles. The molecule has 0 bridgehead atoms. The topological polar surface area (TPSA) is 54.4 Å².